The van der Waals surface area contributed by atoms with Gasteiger partial charge in [0, 0.05) is 5.92 Å². The van der Waals surface area contributed by atoms with Gasteiger partial charge < -0.3 is 10.4 Å². The number of hydrogen-bond acceptors (Lipinski definition) is 3. The first-order chi connectivity index (χ1) is 7.45. The molecule has 1 aliphatic heterocycles. The first-order valence-corrected chi connectivity index (χ1v) is 5.68. The zero-order valence-electron chi connectivity index (χ0n) is 8.98. The fourth-order valence-electron chi connectivity index (χ4n) is 2.20. The Bertz CT molecular complexity index is 247. The Morgan fingerprint density at radius 1 is 1.25 bits per heavy atom. The third kappa shape index (κ3) is 2.33. The highest BCUT2D eigenvalue weighted by atomic mass is 19.4. The van der Waals surface area contributed by atoms with E-state index in [0.717, 1.165) is 25.9 Å². The highest BCUT2D eigenvalue weighted by molar-refractivity contribution is 5.08. The molecule has 0 aromatic rings. The molecule has 0 bridgehead atoms. The van der Waals surface area contributed by atoms with Crippen molar-refractivity contribution in [3.8, 4) is 0 Å². The van der Waals surface area contributed by atoms with Crippen LogP contribution in [0, 0.1) is 5.92 Å². The smallest absolute Gasteiger partial charge is 0.378 e. The van der Waals surface area contributed by atoms with Crippen molar-refractivity contribution < 1.29 is 18.3 Å². The maximum Gasteiger partial charge on any atom is 0.406 e. The number of alkyl halides is 3. The molecule has 0 aromatic carbocycles. The van der Waals surface area contributed by atoms with Crippen molar-refractivity contribution >= 4 is 0 Å². The van der Waals surface area contributed by atoms with Gasteiger partial charge in [-0.2, -0.15) is 13.2 Å². The summed E-state index contributed by atoms with van der Waals surface area (Å²) < 4.78 is 37.9. The highest BCUT2D eigenvalue weighted by Crippen LogP contribution is 2.49. The zero-order chi connectivity index (χ0) is 11.8. The standard InChI is InChI=1S/C10H17F3N2O/c11-10(12,13)9(3-4-9)15-8(16)7-1-5-14-6-2-7/h7-8,14-16H,1-6H2. The normalized spacial score (nSPS) is 27.8. The SMILES string of the molecule is OC(NC1(C(F)(F)F)CC1)C1CCNCC1. The molecule has 16 heavy (non-hydrogen) atoms. The van der Waals surface area contributed by atoms with Crippen LogP contribution < -0.4 is 10.6 Å². The van der Waals surface area contributed by atoms with Gasteiger partial charge in [0.25, 0.3) is 0 Å². The van der Waals surface area contributed by atoms with Crippen LogP contribution in [0.3, 0.4) is 0 Å². The van der Waals surface area contributed by atoms with Crippen LogP contribution in [0.5, 0.6) is 0 Å². The van der Waals surface area contributed by atoms with Crippen molar-refractivity contribution in [2.45, 2.75) is 43.6 Å². The van der Waals surface area contributed by atoms with Crippen molar-refractivity contribution in [3.63, 3.8) is 0 Å². The number of nitrogens with one attached hydrogen (secondary N) is 2. The average molecular weight is 238 g/mol. The molecule has 94 valence electrons. The van der Waals surface area contributed by atoms with Gasteiger partial charge in [-0.05, 0) is 38.8 Å². The molecule has 1 saturated heterocycles. The van der Waals surface area contributed by atoms with Gasteiger partial charge in [-0.25, -0.2) is 0 Å². The lowest BCUT2D eigenvalue weighted by Gasteiger charge is -2.31. The summed E-state index contributed by atoms with van der Waals surface area (Å²) in [6.07, 6.45) is -3.67. The molecule has 1 unspecified atom stereocenters. The van der Waals surface area contributed by atoms with Crippen molar-refractivity contribution in [1.82, 2.24) is 10.6 Å². The van der Waals surface area contributed by atoms with Gasteiger partial charge >= 0.3 is 6.18 Å². The third-order valence-corrected chi connectivity index (χ3v) is 3.55. The van der Waals surface area contributed by atoms with Gasteiger partial charge in [-0.3, -0.25) is 5.32 Å². The molecule has 3 N–H and O–H groups in total. The van der Waals surface area contributed by atoms with E-state index in [2.05, 4.69) is 10.6 Å². The minimum atomic E-state index is -4.25. The van der Waals surface area contributed by atoms with Crippen LogP contribution in [-0.4, -0.2) is 36.1 Å². The van der Waals surface area contributed by atoms with E-state index in [4.69, 9.17) is 0 Å². The summed E-state index contributed by atoms with van der Waals surface area (Å²) in [5, 5.41) is 15.3. The fourth-order valence-corrected chi connectivity index (χ4v) is 2.20. The molecule has 0 aromatic heterocycles. The Hall–Kier alpha value is -0.330. The predicted molar refractivity (Wildman–Crippen MR) is 52.8 cm³/mol. The number of rotatable bonds is 3. The molecule has 3 nitrogen and oxygen atoms in total. The van der Waals surface area contributed by atoms with Crippen LogP contribution >= 0.6 is 0 Å². The Morgan fingerprint density at radius 3 is 2.25 bits per heavy atom. The van der Waals surface area contributed by atoms with E-state index in [1.54, 1.807) is 0 Å². The monoisotopic (exact) mass is 238 g/mol. The summed E-state index contributed by atoms with van der Waals surface area (Å²) in [6.45, 7) is 1.53. The van der Waals surface area contributed by atoms with E-state index in [9.17, 15) is 18.3 Å². The summed E-state index contributed by atoms with van der Waals surface area (Å²) in [7, 11) is 0. The summed E-state index contributed by atoms with van der Waals surface area (Å²) >= 11 is 0. The van der Waals surface area contributed by atoms with E-state index < -0.39 is 17.9 Å². The molecule has 6 heteroatoms. The largest absolute Gasteiger partial charge is 0.406 e. The van der Waals surface area contributed by atoms with Gasteiger partial charge in [0.1, 0.15) is 11.8 Å². The molecule has 2 aliphatic rings. The van der Waals surface area contributed by atoms with Crippen LogP contribution in [0.25, 0.3) is 0 Å². The highest BCUT2D eigenvalue weighted by Gasteiger charge is 2.64. The Labute approximate surface area is 92.4 Å². The summed E-state index contributed by atoms with van der Waals surface area (Å²) in [5.41, 5.74) is -1.81. The Morgan fingerprint density at radius 2 is 1.81 bits per heavy atom. The molecule has 1 aliphatic carbocycles. The van der Waals surface area contributed by atoms with E-state index in [1.165, 1.54) is 0 Å². The second-order valence-electron chi connectivity index (χ2n) is 4.76. The molecule has 0 radical (unpaired) electrons. The Balaban J connectivity index is 1.89. The molecular weight excluding hydrogens is 221 g/mol. The molecule has 1 saturated carbocycles. The zero-order valence-corrected chi connectivity index (χ0v) is 8.98. The lowest BCUT2D eigenvalue weighted by atomic mass is 9.95. The van der Waals surface area contributed by atoms with E-state index >= 15 is 0 Å². The topological polar surface area (TPSA) is 44.3 Å². The van der Waals surface area contributed by atoms with Crippen LogP contribution in [0.15, 0.2) is 0 Å². The number of aliphatic hydroxyl groups excluding tert-OH is 1. The predicted octanol–water partition coefficient (Wildman–Crippen LogP) is 0.989. The summed E-state index contributed by atoms with van der Waals surface area (Å²) in [5.74, 6) is -0.0684. The van der Waals surface area contributed by atoms with Crippen LogP contribution in [0.4, 0.5) is 13.2 Å². The first kappa shape index (κ1) is 12.1. The number of aliphatic hydroxyl groups is 1. The van der Waals surface area contributed by atoms with Crippen molar-refractivity contribution in [2.24, 2.45) is 5.92 Å². The van der Waals surface area contributed by atoms with Crippen molar-refractivity contribution in [3.05, 3.63) is 0 Å². The third-order valence-electron chi connectivity index (χ3n) is 3.55. The summed E-state index contributed by atoms with van der Waals surface area (Å²) in [4.78, 5) is 0. The maximum atomic E-state index is 12.6. The lowest BCUT2D eigenvalue weighted by Crippen LogP contribution is -2.53. The van der Waals surface area contributed by atoms with E-state index in [-0.39, 0.29) is 18.8 Å². The molecule has 1 heterocycles. The van der Waals surface area contributed by atoms with Gasteiger partial charge in [0.2, 0.25) is 0 Å². The molecule has 0 spiro atoms. The van der Waals surface area contributed by atoms with Gasteiger partial charge in [0.15, 0.2) is 0 Å². The first-order valence-electron chi connectivity index (χ1n) is 5.68. The van der Waals surface area contributed by atoms with E-state index in [0.29, 0.717) is 0 Å². The fraction of sp³-hybridized carbons (Fsp3) is 1.00. The van der Waals surface area contributed by atoms with E-state index in [1.807, 2.05) is 0 Å². The van der Waals surface area contributed by atoms with Crippen LogP contribution in [0.1, 0.15) is 25.7 Å². The average Bonchev–Trinajstić information content (AvgIpc) is 2.99. The minimum absolute atomic E-state index is 0.0684. The van der Waals surface area contributed by atoms with Gasteiger partial charge in [-0.15, -0.1) is 0 Å². The number of halogens is 3. The lowest BCUT2D eigenvalue weighted by molar-refractivity contribution is -0.176. The summed E-state index contributed by atoms with van der Waals surface area (Å²) in [6, 6.07) is 0. The Kier molecular flexibility index (Phi) is 3.16. The minimum Gasteiger partial charge on any atom is -0.378 e. The number of piperidine rings is 1. The van der Waals surface area contributed by atoms with Crippen LogP contribution in [0.2, 0.25) is 0 Å². The van der Waals surface area contributed by atoms with Gasteiger partial charge in [0.05, 0.1) is 0 Å². The molecule has 0 amide bonds. The molecule has 2 rings (SSSR count). The van der Waals surface area contributed by atoms with Gasteiger partial charge in [-0.1, -0.05) is 0 Å². The van der Waals surface area contributed by atoms with Crippen molar-refractivity contribution in [1.29, 1.82) is 0 Å². The van der Waals surface area contributed by atoms with Crippen LogP contribution in [-0.2, 0) is 0 Å². The van der Waals surface area contributed by atoms with Crippen molar-refractivity contribution in [2.75, 3.05) is 13.1 Å². The quantitative estimate of drug-likeness (QED) is 0.642. The molecular formula is C10H17F3N2O. The maximum absolute atomic E-state index is 12.6. The number of hydrogen-bond donors (Lipinski definition) is 3. The second kappa shape index (κ2) is 4.16. The second-order valence-corrected chi connectivity index (χ2v) is 4.76. The molecule has 2 fully saturated rings. The molecule has 1 atom stereocenters.